The predicted molar refractivity (Wildman–Crippen MR) is 83.7 cm³/mol. The molecule has 0 spiro atoms. The van der Waals surface area contributed by atoms with Crippen LogP contribution in [-0.4, -0.2) is 35.2 Å². The van der Waals surface area contributed by atoms with Crippen molar-refractivity contribution in [2.45, 2.75) is 38.2 Å². The molecule has 0 saturated carbocycles. The maximum atomic E-state index is 14.1. The van der Waals surface area contributed by atoms with Crippen molar-refractivity contribution in [1.29, 1.82) is 5.41 Å². The Balaban J connectivity index is 2.37. The first-order chi connectivity index (χ1) is 10.4. The Labute approximate surface area is 128 Å². The standard InChI is InChI=1S/C15H21F2N5/c1-2-5-10-6-3-4-7-11(10)21-13(18)12-15(16,17)8-9-22(12)14(19)20/h3-4,6-7,12H,2,5,8-9H2,1H3,(H2,18,21)(H3,19,20). The van der Waals surface area contributed by atoms with Crippen LogP contribution in [-0.2, 0) is 6.42 Å². The van der Waals surface area contributed by atoms with E-state index in [0.717, 1.165) is 23.3 Å². The van der Waals surface area contributed by atoms with E-state index in [1.54, 1.807) is 12.1 Å². The van der Waals surface area contributed by atoms with Crippen molar-refractivity contribution >= 4 is 17.5 Å². The molecule has 1 fully saturated rings. The van der Waals surface area contributed by atoms with Crippen LogP contribution in [0.4, 0.5) is 14.5 Å². The number of amidine groups is 1. The molecule has 1 aliphatic heterocycles. The molecule has 1 unspecified atom stereocenters. The number of rotatable bonds is 4. The first-order valence-electron chi connectivity index (χ1n) is 7.27. The number of nitrogens with one attached hydrogen (secondary N) is 1. The summed E-state index contributed by atoms with van der Waals surface area (Å²) in [7, 11) is 0. The molecule has 1 aromatic carbocycles. The van der Waals surface area contributed by atoms with Crippen LogP contribution in [0.1, 0.15) is 25.3 Å². The minimum absolute atomic E-state index is 0.000172. The van der Waals surface area contributed by atoms with Gasteiger partial charge in [-0.1, -0.05) is 31.5 Å². The Hall–Kier alpha value is -2.18. The summed E-state index contributed by atoms with van der Waals surface area (Å²) in [6, 6.07) is 5.88. The molecule has 5 nitrogen and oxygen atoms in total. The molecule has 0 aromatic heterocycles. The van der Waals surface area contributed by atoms with Gasteiger partial charge in [0.2, 0.25) is 0 Å². The number of halogens is 2. The highest BCUT2D eigenvalue weighted by Gasteiger charge is 2.51. The Kier molecular flexibility index (Phi) is 4.63. The van der Waals surface area contributed by atoms with Gasteiger partial charge in [0.05, 0.1) is 5.69 Å². The second-order valence-electron chi connectivity index (χ2n) is 5.41. The molecule has 120 valence electrons. The molecule has 0 bridgehead atoms. The Morgan fingerprint density at radius 2 is 2.09 bits per heavy atom. The number of para-hydroxylation sites is 1. The van der Waals surface area contributed by atoms with E-state index >= 15 is 0 Å². The van der Waals surface area contributed by atoms with Gasteiger partial charge < -0.3 is 16.4 Å². The molecule has 22 heavy (non-hydrogen) atoms. The average Bonchev–Trinajstić information content (AvgIpc) is 2.77. The molecule has 7 heteroatoms. The van der Waals surface area contributed by atoms with Crippen molar-refractivity contribution in [3.8, 4) is 0 Å². The number of alkyl halides is 2. The zero-order chi connectivity index (χ0) is 16.3. The van der Waals surface area contributed by atoms with Crippen molar-refractivity contribution < 1.29 is 8.78 Å². The second-order valence-corrected chi connectivity index (χ2v) is 5.41. The topological polar surface area (TPSA) is 91.5 Å². The number of guanidine groups is 1. The summed E-state index contributed by atoms with van der Waals surface area (Å²) in [5.74, 6) is -3.66. The van der Waals surface area contributed by atoms with Crippen molar-refractivity contribution in [2.75, 3.05) is 6.54 Å². The van der Waals surface area contributed by atoms with E-state index in [4.69, 9.17) is 16.9 Å². The highest BCUT2D eigenvalue weighted by atomic mass is 19.3. The van der Waals surface area contributed by atoms with Gasteiger partial charge in [0.25, 0.3) is 5.92 Å². The lowest BCUT2D eigenvalue weighted by Gasteiger charge is -2.27. The van der Waals surface area contributed by atoms with E-state index in [0.29, 0.717) is 5.69 Å². The molecule has 0 aliphatic carbocycles. The van der Waals surface area contributed by atoms with Crippen LogP contribution in [0.3, 0.4) is 0 Å². The smallest absolute Gasteiger partial charge is 0.276 e. The van der Waals surface area contributed by atoms with E-state index in [9.17, 15) is 8.78 Å². The van der Waals surface area contributed by atoms with Gasteiger partial charge in [-0.05, 0) is 18.1 Å². The van der Waals surface area contributed by atoms with E-state index < -0.39 is 17.9 Å². The molecule has 1 aromatic rings. The fourth-order valence-corrected chi connectivity index (χ4v) is 2.70. The quantitative estimate of drug-likeness (QED) is 0.588. The lowest BCUT2D eigenvalue weighted by Crippen LogP contribution is -2.52. The minimum atomic E-state index is -3.04. The lowest BCUT2D eigenvalue weighted by atomic mass is 10.1. The monoisotopic (exact) mass is 309 g/mol. The maximum Gasteiger partial charge on any atom is 0.276 e. The summed E-state index contributed by atoms with van der Waals surface area (Å²) in [4.78, 5) is 5.31. The SMILES string of the molecule is CCCc1ccccc1N=C(N)C1N(C(=N)N)CCC1(F)F. The van der Waals surface area contributed by atoms with Crippen LogP contribution >= 0.6 is 0 Å². The predicted octanol–water partition coefficient (Wildman–Crippen LogP) is 2.23. The Morgan fingerprint density at radius 3 is 2.73 bits per heavy atom. The van der Waals surface area contributed by atoms with Crippen LogP contribution in [0.15, 0.2) is 29.3 Å². The number of aryl methyl sites for hydroxylation is 1. The minimum Gasteiger partial charge on any atom is -0.385 e. The van der Waals surface area contributed by atoms with Crippen molar-refractivity contribution in [2.24, 2.45) is 16.5 Å². The van der Waals surface area contributed by atoms with Crippen LogP contribution in [0.5, 0.6) is 0 Å². The van der Waals surface area contributed by atoms with Gasteiger partial charge in [0.1, 0.15) is 5.84 Å². The van der Waals surface area contributed by atoms with Gasteiger partial charge >= 0.3 is 0 Å². The molecular weight excluding hydrogens is 288 g/mol. The molecule has 1 aliphatic rings. The fraction of sp³-hybridized carbons (Fsp3) is 0.467. The Morgan fingerprint density at radius 1 is 1.41 bits per heavy atom. The largest absolute Gasteiger partial charge is 0.385 e. The third kappa shape index (κ3) is 3.18. The summed E-state index contributed by atoms with van der Waals surface area (Å²) in [5, 5.41) is 7.44. The summed E-state index contributed by atoms with van der Waals surface area (Å²) in [5.41, 5.74) is 12.8. The lowest BCUT2D eigenvalue weighted by molar-refractivity contribution is -0.00144. The number of hydrogen-bond acceptors (Lipinski definition) is 2. The highest BCUT2D eigenvalue weighted by molar-refractivity contribution is 5.93. The third-order valence-corrected chi connectivity index (χ3v) is 3.75. The van der Waals surface area contributed by atoms with Crippen molar-refractivity contribution in [1.82, 2.24) is 4.90 Å². The number of nitrogens with two attached hydrogens (primary N) is 2. The highest BCUT2D eigenvalue weighted by Crippen LogP contribution is 2.34. The first kappa shape index (κ1) is 16.2. The summed E-state index contributed by atoms with van der Waals surface area (Å²) in [6.45, 7) is 2.03. The number of likely N-dealkylation sites (tertiary alicyclic amines) is 1. The number of benzene rings is 1. The number of aliphatic imine (C=N–C) groups is 1. The van der Waals surface area contributed by atoms with E-state index in [-0.39, 0.29) is 18.8 Å². The van der Waals surface area contributed by atoms with Crippen molar-refractivity contribution in [3.63, 3.8) is 0 Å². The van der Waals surface area contributed by atoms with Crippen LogP contribution in [0, 0.1) is 5.41 Å². The fourth-order valence-electron chi connectivity index (χ4n) is 2.70. The second kappa shape index (κ2) is 6.29. The average molecular weight is 309 g/mol. The molecule has 0 radical (unpaired) electrons. The molecule has 1 atom stereocenters. The van der Waals surface area contributed by atoms with Crippen LogP contribution < -0.4 is 11.5 Å². The zero-order valence-corrected chi connectivity index (χ0v) is 12.5. The summed E-state index contributed by atoms with van der Waals surface area (Å²) >= 11 is 0. The van der Waals surface area contributed by atoms with Crippen LogP contribution in [0.25, 0.3) is 0 Å². The molecule has 0 amide bonds. The maximum absolute atomic E-state index is 14.1. The van der Waals surface area contributed by atoms with Gasteiger partial charge in [0.15, 0.2) is 12.0 Å². The zero-order valence-electron chi connectivity index (χ0n) is 12.5. The molecular formula is C15H21F2N5. The Bertz CT molecular complexity index is 585. The van der Waals surface area contributed by atoms with Crippen LogP contribution in [0.2, 0.25) is 0 Å². The van der Waals surface area contributed by atoms with Crippen molar-refractivity contribution in [3.05, 3.63) is 29.8 Å². The van der Waals surface area contributed by atoms with E-state index in [1.165, 1.54) is 0 Å². The van der Waals surface area contributed by atoms with Gasteiger partial charge in [-0.3, -0.25) is 5.41 Å². The summed E-state index contributed by atoms with van der Waals surface area (Å²) in [6.07, 6.45) is 1.33. The van der Waals surface area contributed by atoms with Gasteiger partial charge in [-0.25, -0.2) is 13.8 Å². The van der Waals surface area contributed by atoms with Gasteiger partial charge in [-0.2, -0.15) is 0 Å². The van der Waals surface area contributed by atoms with E-state index in [2.05, 4.69) is 4.99 Å². The molecule has 5 N–H and O–H groups in total. The first-order valence-corrected chi connectivity index (χ1v) is 7.27. The van der Waals surface area contributed by atoms with E-state index in [1.807, 2.05) is 19.1 Å². The number of hydrogen-bond donors (Lipinski definition) is 3. The van der Waals surface area contributed by atoms with Gasteiger partial charge in [-0.15, -0.1) is 0 Å². The third-order valence-electron chi connectivity index (χ3n) is 3.75. The number of nitrogens with zero attached hydrogens (tertiary/aromatic N) is 2. The molecule has 2 rings (SSSR count). The van der Waals surface area contributed by atoms with Gasteiger partial charge in [0, 0.05) is 13.0 Å². The summed E-state index contributed by atoms with van der Waals surface area (Å²) < 4.78 is 28.1. The normalized spacial score (nSPS) is 21.1. The molecule has 1 heterocycles. The molecule has 1 saturated heterocycles.